The standard InChI is InChI=1S/C11H13F2IN2O.ClH/c1-11(2,5-15)16-10(17)6-3-7(12)8(13)4-9(6)14;/h3-4H,5,15H2,1-2H3,(H,16,17);1H. The second kappa shape index (κ2) is 6.63. The SMILES string of the molecule is CC(C)(CN)NC(=O)c1cc(F)c(F)cc1I.Cl. The van der Waals surface area contributed by atoms with Crippen molar-refractivity contribution in [1.82, 2.24) is 5.32 Å². The van der Waals surface area contributed by atoms with Crippen LogP contribution in [0, 0.1) is 15.2 Å². The average molecular weight is 391 g/mol. The van der Waals surface area contributed by atoms with Gasteiger partial charge in [0.15, 0.2) is 11.6 Å². The molecule has 0 atom stereocenters. The molecule has 0 spiro atoms. The molecule has 0 aliphatic rings. The van der Waals surface area contributed by atoms with Crippen molar-refractivity contribution < 1.29 is 13.6 Å². The maximum Gasteiger partial charge on any atom is 0.252 e. The van der Waals surface area contributed by atoms with Gasteiger partial charge in [-0.05, 0) is 48.6 Å². The minimum atomic E-state index is -1.04. The zero-order valence-electron chi connectivity index (χ0n) is 9.89. The summed E-state index contributed by atoms with van der Waals surface area (Å²) in [6, 6.07) is 1.87. The lowest BCUT2D eigenvalue weighted by Crippen LogP contribution is -2.49. The molecule has 18 heavy (non-hydrogen) atoms. The molecule has 0 radical (unpaired) electrons. The molecular formula is C11H14ClF2IN2O. The van der Waals surface area contributed by atoms with Crippen LogP contribution in [0.1, 0.15) is 24.2 Å². The van der Waals surface area contributed by atoms with E-state index in [1.165, 1.54) is 0 Å². The number of hydrogen-bond donors (Lipinski definition) is 2. The highest BCUT2D eigenvalue weighted by atomic mass is 127. The predicted molar refractivity (Wildman–Crippen MR) is 76.9 cm³/mol. The summed E-state index contributed by atoms with van der Waals surface area (Å²) in [7, 11) is 0. The van der Waals surface area contributed by atoms with E-state index in [1.54, 1.807) is 36.4 Å². The van der Waals surface area contributed by atoms with Gasteiger partial charge in [-0.3, -0.25) is 4.79 Å². The van der Waals surface area contributed by atoms with Crippen LogP contribution in [-0.4, -0.2) is 18.0 Å². The van der Waals surface area contributed by atoms with E-state index in [1.807, 2.05) is 0 Å². The van der Waals surface area contributed by atoms with Gasteiger partial charge in [-0.25, -0.2) is 8.78 Å². The molecule has 7 heteroatoms. The first-order chi connectivity index (χ1) is 7.76. The molecule has 0 saturated carbocycles. The minimum absolute atomic E-state index is 0. The van der Waals surface area contributed by atoms with Gasteiger partial charge >= 0.3 is 0 Å². The maximum absolute atomic E-state index is 13.1. The van der Waals surface area contributed by atoms with Crippen LogP contribution in [0.5, 0.6) is 0 Å². The van der Waals surface area contributed by atoms with Crippen LogP contribution in [0.15, 0.2) is 12.1 Å². The average Bonchev–Trinajstić information content (AvgIpc) is 2.22. The normalized spacial score (nSPS) is 10.8. The summed E-state index contributed by atoms with van der Waals surface area (Å²) in [6.45, 7) is 3.74. The van der Waals surface area contributed by atoms with E-state index in [9.17, 15) is 13.6 Å². The van der Waals surface area contributed by atoms with Crippen molar-refractivity contribution >= 4 is 40.9 Å². The van der Waals surface area contributed by atoms with Gasteiger partial charge in [0, 0.05) is 15.7 Å². The molecule has 3 N–H and O–H groups in total. The number of rotatable bonds is 3. The second-order valence-electron chi connectivity index (χ2n) is 4.29. The van der Waals surface area contributed by atoms with Gasteiger partial charge in [-0.2, -0.15) is 0 Å². The molecule has 1 aromatic rings. The molecule has 1 aromatic carbocycles. The van der Waals surface area contributed by atoms with Gasteiger partial charge in [0.1, 0.15) is 0 Å². The molecule has 0 aliphatic heterocycles. The zero-order valence-corrected chi connectivity index (χ0v) is 12.9. The zero-order chi connectivity index (χ0) is 13.2. The van der Waals surface area contributed by atoms with Gasteiger partial charge in [0.25, 0.3) is 5.91 Å². The summed E-state index contributed by atoms with van der Waals surface area (Å²) < 4.78 is 26.3. The minimum Gasteiger partial charge on any atom is -0.346 e. The van der Waals surface area contributed by atoms with Gasteiger partial charge in [-0.15, -0.1) is 12.4 Å². The summed E-state index contributed by atoms with van der Waals surface area (Å²) in [5, 5.41) is 2.65. The Morgan fingerprint density at radius 1 is 1.39 bits per heavy atom. The summed E-state index contributed by atoms with van der Waals surface area (Å²) in [6.07, 6.45) is 0. The first-order valence-electron chi connectivity index (χ1n) is 4.94. The first kappa shape index (κ1) is 17.5. The second-order valence-corrected chi connectivity index (χ2v) is 5.45. The van der Waals surface area contributed by atoms with Crippen molar-refractivity contribution in [2.45, 2.75) is 19.4 Å². The molecule has 3 nitrogen and oxygen atoms in total. The fraction of sp³-hybridized carbons (Fsp3) is 0.364. The van der Waals surface area contributed by atoms with Crippen LogP contribution < -0.4 is 11.1 Å². The van der Waals surface area contributed by atoms with Gasteiger partial charge in [-0.1, -0.05) is 0 Å². The van der Waals surface area contributed by atoms with Crippen molar-refractivity contribution in [3.05, 3.63) is 32.9 Å². The lowest BCUT2D eigenvalue weighted by molar-refractivity contribution is 0.0914. The number of nitrogens with one attached hydrogen (secondary N) is 1. The maximum atomic E-state index is 13.1. The fourth-order valence-corrected chi connectivity index (χ4v) is 1.80. The van der Waals surface area contributed by atoms with Crippen LogP contribution in [0.25, 0.3) is 0 Å². The third-order valence-corrected chi connectivity index (χ3v) is 3.11. The smallest absolute Gasteiger partial charge is 0.252 e. The van der Waals surface area contributed by atoms with Crippen LogP contribution in [0.4, 0.5) is 8.78 Å². The fourth-order valence-electron chi connectivity index (χ4n) is 1.12. The Bertz CT molecular complexity index is 455. The van der Waals surface area contributed by atoms with Gasteiger partial charge in [0.05, 0.1) is 5.56 Å². The van der Waals surface area contributed by atoms with E-state index in [0.717, 1.165) is 12.1 Å². The summed E-state index contributed by atoms with van der Waals surface area (Å²) in [5.41, 5.74) is 4.98. The lowest BCUT2D eigenvalue weighted by atomic mass is 10.1. The van der Waals surface area contributed by atoms with E-state index < -0.39 is 23.1 Å². The number of amides is 1. The molecule has 0 bridgehead atoms. The van der Waals surface area contributed by atoms with Crippen molar-refractivity contribution in [1.29, 1.82) is 0 Å². The molecular weight excluding hydrogens is 376 g/mol. The Kier molecular flexibility index (Phi) is 6.45. The van der Waals surface area contributed by atoms with Gasteiger partial charge in [0.2, 0.25) is 0 Å². The number of hydrogen-bond acceptors (Lipinski definition) is 2. The topological polar surface area (TPSA) is 55.1 Å². The third-order valence-electron chi connectivity index (χ3n) is 2.22. The Labute approximate surface area is 124 Å². The molecule has 0 aromatic heterocycles. The molecule has 1 rings (SSSR count). The highest BCUT2D eigenvalue weighted by Crippen LogP contribution is 2.17. The number of carbonyl (C=O) groups excluding carboxylic acids is 1. The first-order valence-corrected chi connectivity index (χ1v) is 6.02. The summed E-state index contributed by atoms with van der Waals surface area (Å²) >= 11 is 1.78. The van der Waals surface area contributed by atoms with Crippen molar-refractivity contribution in [3.8, 4) is 0 Å². The lowest BCUT2D eigenvalue weighted by Gasteiger charge is -2.24. The highest BCUT2D eigenvalue weighted by Gasteiger charge is 2.21. The summed E-state index contributed by atoms with van der Waals surface area (Å²) in [5.74, 6) is -2.48. The molecule has 102 valence electrons. The van der Waals surface area contributed by atoms with Crippen molar-refractivity contribution in [2.24, 2.45) is 5.73 Å². The highest BCUT2D eigenvalue weighted by molar-refractivity contribution is 14.1. The largest absolute Gasteiger partial charge is 0.346 e. The summed E-state index contributed by atoms with van der Waals surface area (Å²) in [4.78, 5) is 11.8. The number of benzene rings is 1. The van der Waals surface area contributed by atoms with Crippen LogP contribution in [-0.2, 0) is 0 Å². The van der Waals surface area contributed by atoms with E-state index in [2.05, 4.69) is 5.32 Å². The van der Waals surface area contributed by atoms with E-state index in [4.69, 9.17) is 5.73 Å². The molecule has 0 fully saturated rings. The van der Waals surface area contributed by atoms with Crippen LogP contribution >= 0.6 is 35.0 Å². The Hall–Kier alpha value is -0.470. The number of halogens is 4. The molecule has 1 amide bonds. The Morgan fingerprint density at radius 2 is 1.89 bits per heavy atom. The van der Waals surface area contributed by atoms with E-state index in [-0.39, 0.29) is 24.5 Å². The predicted octanol–water partition coefficient (Wildman–Crippen LogP) is 2.46. The Balaban J connectivity index is 0.00000289. The molecule has 0 saturated heterocycles. The van der Waals surface area contributed by atoms with Crippen molar-refractivity contribution in [3.63, 3.8) is 0 Å². The quantitative estimate of drug-likeness (QED) is 0.615. The molecule has 0 unspecified atom stereocenters. The third kappa shape index (κ3) is 4.33. The number of carbonyl (C=O) groups is 1. The molecule has 0 heterocycles. The number of nitrogens with two attached hydrogens (primary N) is 1. The van der Waals surface area contributed by atoms with Crippen LogP contribution in [0.2, 0.25) is 0 Å². The van der Waals surface area contributed by atoms with E-state index in [0.29, 0.717) is 3.57 Å². The Morgan fingerprint density at radius 3 is 2.39 bits per heavy atom. The molecule has 0 aliphatic carbocycles. The van der Waals surface area contributed by atoms with E-state index >= 15 is 0 Å². The van der Waals surface area contributed by atoms with Gasteiger partial charge < -0.3 is 11.1 Å². The van der Waals surface area contributed by atoms with Crippen LogP contribution in [0.3, 0.4) is 0 Å². The van der Waals surface area contributed by atoms with Crippen molar-refractivity contribution in [2.75, 3.05) is 6.54 Å². The monoisotopic (exact) mass is 390 g/mol.